The number of carbonyl (C=O) groups excluding carboxylic acids is 2. The lowest BCUT2D eigenvalue weighted by Crippen LogP contribution is -2.48. The Kier molecular flexibility index (Phi) is 8.47. The molecule has 1 aliphatic rings. The number of amides is 2. The molecule has 1 fully saturated rings. The van der Waals surface area contributed by atoms with Crippen LogP contribution in [0.5, 0.6) is 11.5 Å². The summed E-state index contributed by atoms with van der Waals surface area (Å²) in [6.07, 6.45) is 0. The van der Waals surface area contributed by atoms with E-state index in [9.17, 15) is 9.59 Å². The zero-order valence-corrected chi connectivity index (χ0v) is 22.1. The van der Waals surface area contributed by atoms with Gasteiger partial charge in [-0.3, -0.25) is 14.9 Å². The number of methoxy groups -OCH3 is 2. The summed E-state index contributed by atoms with van der Waals surface area (Å²) < 4.78 is 10.6. The molecule has 0 atom stereocenters. The van der Waals surface area contributed by atoms with Gasteiger partial charge in [-0.1, -0.05) is 23.7 Å². The zero-order valence-electron chi connectivity index (χ0n) is 20.5. The molecule has 0 bridgehead atoms. The molecule has 1 saturated heterocycles. The minimum absolute atomic E-state index is 0.0521. The van der Waals surface area contributed by atoms with Crippen molar-refractivity contribution in [2.24, 2.45) is 0 Å². The maximum atomic E-state index is 13.1. The molecule has 1 heterocycles. The van der Waals surface area contributed by atoms with E-state index in [1.165, 1.54) is 0 Å². The van der Waals surface area contributed by atoms with Crippen molar-refractivity contribution in [3.8, 4) is 11.5 Å². The molecule has 0 radical (unpaired) electrons. The SMILES string of the molecule is COc1cc(OC)cc(C(=O)N2CCN(c3ccc(NC(=S)NC(=O)c4ccccc4Cl)cc3)CC2)c1. The first-order chi connectivity index (χ1) is 17.9. The van der Waals surface area contributed by atoms with Gasteiger partial charge in [0.2, 0.25) is 0 Å². The first-order valence-electron chi connectivity index (χ1n) is 11.6. The van der Waals surface area contributed by atoms with Crippen LogP contribution in [0.4, 0.5) is 11.4 Å². The van der Waals surface area contributed by atoms with Gasteiger partial charge in [0.05, 0.1) is 24.8 Å². The molecule has 10 heteroatoms. The minimum atomic E-state index is -0.375. The Bertz CT molecular complexity index is 1270. The Morgan fingerprint density at radius 1 is 0.892 bits per heavy atom. The van der Waals surface area contributed by atoms with Crippen LogP contribution in [0.15, 0.2) is 66.7 Å². The van der Waals surface area contributed by atoms with Gasteiger partial charge in [0.1, 0.15) is 11.5 Å². The topological polar surface area (TPSA) is 83.1 Å². The third kappa shape index (κ3) is 6.49. The molecule has 0 unspecified atom stereocenters. The molecule has 0 aliphatic carbocycles. The van der Waals surface area contributed by atoms with E-state index in [0.29, 0.717) is 53.8 Å². The molecule has 8 nitrogen and oxygen atoms in total. The predicted octanol–water partition coefficient (Wildman–Crippen LogP) is 4.45. The van der Waals surface area contributed by atoms with E-state index in [2.05, 4.69) is 15.5 Å². The molecule has 4 rings (SSSR count). The summed E-state index contributed by atoms with van der Waals surface area (Å²) in [4.78, 5) is 29.5. The van der Waals surface area contributed by atoms with Crippen LogP contribution in [-0.4, -0.2) is 62.2 Å². The second-order valence-electron chi connectivity index (χ2n) is 8.32. The lowest BCUT2D eigenvalue weighted by molar-refractivity contribution is 0.0745. The molecule has 2 N–H and O–H groups in total. The van der Waals surface area contributed by atoms with Crippen molar-refractivity contribution in [1.82, 2.24) is 10.2 Å². The van der Waals surface area contributed by atoms with E-state index >= 15 is 0 Å². The Morgan fingerprint density at radius 3 is 2.11 bits per heavy atom. The van der Waals surface area contributed by atoms with Crippen LogP contribution in [0.2, 0.25) is 5.02 Å². The van der Waals surface area contributed by atoms with E-state index in [-0.39, 0.29) is 16.9 Å². The Labute approximate surface area is 226 Å². The second-order valence-corrected chi connectivity index (χ2v) is 9.13. The number of nitrogens with zero attached hydrogens (tertiary/aromatic N) is 2. The fourth-order valence-corrected chi connectivity index (χ4v) is 4.45. The maximum absolute atomic E-state index is 13.1. The molecule has 192 valence electrons. The molecule has 1 aliphatic heterocycles. The fraction of sp³-hybridized carbons (Fsp3) is 0.222. The molecule has 0 aromatic heterocycles. The summed E-state index contributed by atoms with van der Waals surface area (Å²) in [5.74, 6) is 0.735. The highest BCUT2D eigenvalue weighted by Gasteiger charge is 2.23. The molecular weight excluding hydrogens is 512 g/mol. The third-order valence-corrected chi connectivity index (χ3v) is 6.53. The number of piperazine rings is 1. The highest BCUT2D eigenvalue weighted by atomic mass is 35.5. The molecule has 3 aromatic carbocycles. The van der Waals surface area contributed by atoms with Gasteiger partial charge in [-0.25, -0.2) is 0 Å². The van der Waals surface area contributed by atoms with Gasteiger partial charge in [-0.05, 0) is 60.7 Å². The molecule has 0 saturated carbocycles. The Morgan fingerprint density at radius 2 is 1.51 bits per heavy atom. The number of benzene rings is 3. The third-order valence-electron chi connectivity index (χ3n) is 6.00. The number of ether oxygens (including phenoxy) is 2. The lowest BCUT2D eigenvalue weighted by atomic mass is 10.1. The van der Waals surface area contributed by atoms with E-state index in [0.717, 1.165) is 11.4 Å². The van der Waals surface area contributed by atoms with Crippen molar-refractivity contribution < 1.29 is 19.1 Å². The summed E-state index contributed by atoms with van der Waals surface area (Å²) in [5.41, 5.74) is 2.67. The van der Waals surface area contributed by atoms with Crippen molar-refractivity contribution in [1.29, 1.82) is 0 Å². The lowest BCUT2D eigenvalue weighted by Gasteiger charge is -2.36. The highest BCUT2D eigenvalue weighted by Crippen LogP contribution is 2.25. The first kappa shape index (κ1) is 26.2. The minimum Gasteiger partial charge on any atom is -0.497 e. The van der Waals surface area contributed by atoms with Crippen LogP contribution < -0.4 is 25.0 Å². The number of halogens is 1. The van der Waals surface area contributed by atoms with Gasteiger partial charge in [-0.2, -0.15) is 0 Å². The van der Waals surface area contributed by atoms with Crippen molar-refractivity contribution in [3.63, 3.8) is 0 Å². The Hall–Kier alpha value is -3.82. The van der Waals surface area contributed by atoms with E-state index in [1.807, 2.05) is 29.2 Å². The number of nitrogens with one attached hydrogen (secondary N) is 2. The summed E-state index contributed by atoms with van der Waals surface area (Å²) >= 11 is 11.3. The highest BCUT2D eigenvalue weighted by molar-refractivity contribution is 7.80. The average Bonchev–Trinajstić information content (AvgIpc) is 2.93. The van der Waals surface area contributed by atoms with Crippen molar-refractivity contribution in [3.05, 3.63) is 82.9 Å². The van der Waals surface area contributed by atoms with Crippen molar-refractivity contribution in [2.45, 2.75) is 0 Å². The number of hydrogen-bond donors (Lipinski definition) is 2. The second kappa shape index (κ2) is 11.9. The standard InChI is InChI=1S/C27H27ClN4O4S/c1-35-21-15-18(16-22(17-21)36-2)26(34)32-13-11-31(12-14-32)20-9-7-19(8-10-20)29-27(37)30-25(33)23-5-3-4-6-24(23)28/h3-10,15-17H,11-14H2,1-2H3,(H2,29,30,33,37). The summed E-state index contributed by atoms with van der Waals surface area (Å²) in [7, 11) is 3.12. The first-order valence-corrected chi connectivity index (χ1v) is 12.4. The fourth-order valence-electron chi connectivity index (χ4n) is 4.01. The van der Waals surface area contributed by atoms with Crippen molar-refractivity contribution >= 4 is 52.1 Å². The van der Waals surface area contributed by atoms with Crippen LogP contribution in [-0.2, 0) is 0 Å². The normalized spacial score (nSPS) is 13.1. The van der Waals surface area contributed by atoms with Gasteiger partial charge in [0, 0.05) is 49.2 Å². The number of anilines is 2. The molecular formula is C27H27ClN4O4S. The smallest absolute Gasteiger partial charge is 0.258 e. The van der Waals surface area contributed by atoms with Gasteiger partial charge < -0.3 is 24.6 Å². The van der Waals surface area contributed by atoms with Crippen LogP contribution in [0.3, 0.4) is 0 Å². The predicted molar refractivity (Wildman–Crippen MR) is 149 cm³/mol. The van der Waals surface area contributed by atoms with Crippen LogP contribution in [0.25, 0.3) is 0 Å². The molecule has 37 heavy (non-hydrogen) atoms. The van der Waals surface area contributed by atoms with E-state index in [1.54, 1.807) is 56.7 Å². The van der Waals surface area contributed by atoms with Gasteiger partial charge >= 0.3 is 0 Å². The summed E-state index contributed by atoms with van der Waals surface area (Å²) in [6.45, 7) is 2.59. The van der Waals surface area contributed by atoms with Gasteiger partial charge in [0.15, 0.2) is 5.11 Å². The van der Waals surface area contributed by atoms with E-state index in [4.69, 9.17) is 33.3 Å². The van der Waals surface area contributed by atoms with Crippen LogP contribution >= 0.6 is 23.8 Å². The number of thiocarbonyl (C=S) groups is 1. The number of hydrogen-bond acceptors (Lipinski definition) is 6. The quantitative estimate of drug-likeness (QED) is 0.449. The Balaban J connectivity index is 1.31. The number of rotatable bonds is 6. The van der Waals surface area contributed by atoms with Crippen LogP contribution in [0.1, 0.15) is 20.7 Å². The largest absolute Gasteiger partial charge is 0.497 e. The summed E-state index contributed by atoms with van der Waals surface area (Å²) in [5, 5.41) is 6.19. The van der Waals surface area contributed by atoms with E-state index < -0.39 is 0 Å². The van der Waals surface area contributed by atoms with Crippen LogP contribution in [0, 0.1) is 0 Å². The molecule has 2 amide bonds. The molecule has 0 spiro atoms. The average molecular weight is 539 g/mol. The zero-order chi connectivity index (χ0) is 26.4. The maximum Gasteiger partial charge on any atom is 0.258 e. The number of carbonyl (C=O) groups is 2. The van der Waals surface area contributed by atoms with Gasteiger partial charge in [0.25, 0.3) is 11.8 Å². The van der Waals surface area contributed by atoms with Crippen molar-refractivity contribution in [2.75, 3.05) is 50.6 Å². The monoisotopic (exact) mass is 538 g/mol. The van der Waals surface area contributed by atoms with Gasteiger partial charge in [-0.15, -0.1) is 0 Å². The molecule has 3 aromatic rings. The summed E-state index contributed by atoms with van der Waals surface area (Å²) in [6, 6.07) is 19.7.